The quantitative estimate of drug-likeness (QED) is 0.821. The highest BCUT2D eigenvalue weighted by Crippen LogP contribution is 2.31. The number of hydrogen-bond donors (Lipinski definition) is 2. The Labute approximate surface area is 141 Å². The smallest absolute Gasteiger partial charge is 0.253 e. The molecule has 126 valence electrons. The Kier molecular flexibility index (Phi) is 3.54. The molecule has 25 heavy (non-hydrogen) atoms. The van der Waals surface area contributed by atoms with Gasteiger partial charge in [0.05, 0.1) is 28.7 Å². The van der Waals surface area contributed by atoms with Crippen molar-refractivity contribution in [2.24, 2.45) is 9.98 Å². The number of allylic oxidation sites excluding steroid dienone is 2. The number of piperidine rings is 1. The molecule has 1 aromatic rings. The van der Waals surface area contributed by atoms with E-state index in [1.165, 1.54) is 24.3 Å². The van der Waals surface area contributed by atoms with Crippen molar-refractivity contribution in [2.45, 2.75) is 6.42 Å². The van der Waals surface area contributed by atoms with E-state index in [0.29, 0.717) is 29.3 Å². The van der Waals surface area contributed by atoms with Crippen LogP contribution in [0.2, 0.25) is 0 Å². The van der Waals surface area contributed by atoms with Crippen LogP contribution in [0.3, 0.4) is 0 Å². The van der Waals surface area contributed by atoms with Crippen molar-refractivity contribution >= 4 is 17.5 Å². The van der Waals surface area contributed by atoms with Crippen molar-refractivity contribution in [1.82, 2.24) is 10.4 Å². The number of carbonyl (C=O) groups excluding carboxylic acids is 1. The lowest BCUT2D eigenvalue weighted by molar-refractivity contribution is -0.117. The summed E-state index contributed by atoms with van der Waals surface area (Å²) in [7, 11) is 0. The Morgan fingerprint density at radius 1 is 1.20 bits per heavy atom. The number of rotatable bonds is 1. The van der Waals surface area contributed by atoms with E-state index < -0.39 is 11.6 Å². The molecular formula is C17H12F2N4O2. The second-order valence-corrected chi connectivity index (χ2v) is 5.59. The second-order valence-electron chi connectivity index (χ2n) is 5.59. The van der Waals surface area contributed by atoms with E-state index in [2.05, 4.69) is 15.3 Å². The largest absolute Gasteiger partial charge is 0.352 e. The second kappa shape index (κ2) is 5.75. The Hall–Kier alpha value is -3.13. The molecule has 0 aromatic heterocycles. The van der Waals surface area contributed by atoms with Gasteiger partial charge in [-0.25, -0.2) is 18.8 Å². The normalized spacial score (nSPS) is 22.7. The van der Waals surface area contributed by atoms with E-state index >= 15 is 0 Å². The van der Waals surface area contributed by atoms with Crippen molar-refractivity contribution in [2.75, 3.05) is 6.54 Å². The third-order valence-electron chi connectivity index (χ3n) is 3.99. The predicted molar refractivity (Wildman–Crippen MR) is 85.9 cm³/mol. The molecule has 8 heteroatoms. The summed E-state index contributed by atoms with van der Waals surface area (Å²) >= 11 is 0. The highest BCUT2D eigenvalue weighted by atomic mass is 19.1. The lowest BCUT2D eigenvalue weighted by atomic mass is 10.0. The summed E-state index contributed by atoms with van der Waals surface area (Å²) in [5.41, 5.74) is 0.951. The van der Waals surface area contributed by atoms with Crippen LogP contribution in [0.4, 0.5) is 8.78 Å². The van der Waals surface area contributed by atoms with Crippen LogP contribution in [0.25, 0.3) is 0 Å². The molecule has 0 saturated carbocycles. The fraction of sp³-hybridized carbons (Fsp3) is 0.118. The monoisotopic (exact) mass is 342 g/mol. The van der Waals surface area contributed by atoms with E-state index in [4.69, 9.17) is 0 Å². The van der Waals surface area contributed by atoms with Gasteiger partial charge in [-0.05, 0) is 18.2 Å². The first-order valence-corrected chi connectivity index (χ1v) is 7.56. The highest BCUT2D eigenvalue weighted by molar-refractivity contribution is 6.25. The average molecular weight is 342 g/mol. The van der Waals surface area contributed by atoms with Gasteiger partial charge in [0.25, 0.3) is 5.91 Å². The lowest BCUT2D eigenvalue weighted by Crippen LogP contribution is -2.35. The predicted octanol–water partition coefficient (Wildman–Crippen LogP) is 2.20. The minimum atomic E-state index is -0.835. The molecule has 0 spiro atoms. The maximum Gasteiger partial charge on any atom is 0.253 e. The summed E-state index contributed by atoms with van der Waals surface area (Å²) in [6.45, 7) is 0.462. The van der Waals surface area contributed by atoms with Crippen molar-refractivity contribution < 1.29 is 18.8 Å². The molecule has 0 unspecified atom stereocenters. The summed E-state index contributed by atoms with van der Waals surface area (Å²) in [5.74, 6) is -1.88. The minimum absolute atomic E-state index is 0.0142. The Morgan fingerprint density at radius 3 is 2.76 bits per heavy atom. The molecule has 1 fully saturated rings. The number of hydrogen-bond acceptors (Lipinski definition) is 5. The number of fused-ring (bicyclic) bond motifs is 1. The lowest BCUT2D eigenvalue weighted by Gasteiger charge is -2.20. The van der Waals surface area contributed by atoms with Gasteiger partial charge in [-0.3, -0.25) is 15.0 Å². The van der Waals surface area contributed by atoms with Gasteiger partial charge >= 0.3 is 0 Å². The molecule has 1 saturated heterocycles. The van der Waals surface area contributed by atoms with Gasteiger partial charge in [0.2, 0.25) is 0 Å². The molecule has 0 radical (unpaired) electrons. The number of hydroxylamine groups is 2. The maximum absolute atomic E-state index is 14.3. The SMILES string of the molecule is O=C1NCCC2=N/C(=C3/N=C(c4ccccc4F)N(O)C=C3F)C=C12. The number of nitrogens with zero attached hydrogens (tertiary/aromatic N) is 3. The molecule has 6 nitrogen and oxygen atoms in total. The summed E-state index contributed by atoms with van der Waals surface area (Å²) in [5, 5.41) is 13.0. The number of carbonyl (C=O) groups is 1. The van der Waals surface area contributed by atoms with E-state index in [9.17, 15) is 18.8 Å². The van der Waals surface area contributed by atoms with Crippen molar-refractivity contribution in [3.05, 3.63) is 70.7 Å². The number of halogens is 2. The van der Waals surface area contributed by atoms with Crippen LogP contribution in [0.1, 0.15) is 12.0 Å². The topological polar surface area (TPSA) is 77.3 Å². The molecule has 3 heterocycles. The number of amides is 1. The van der Waals surface area contributed by atoms with Gasteiger partial charge in [-0.15, -0.1) is 0 Å². The van der Waals surface area contributed by atoms with Crippen LogP contribution < -0.4 is 5.32 Å². The number of amidine groups is 1. The molecule has 0 aliphatic carbocycles. The fourth-order valence-electron chi connectivity index (χ4n) is 2.80. The first-order chi connectivity index (χ1) is 12.0. The zero-order chi connectivity index (χ0) is 17.6. The first-order valence-electron chi connectivity index (χ1n) is 7.56. The molecule has 1 aromatic carbocycles. The standard InChI is InChI=1S/C17H12F2N4O2/c18-11-4-2-1-3-9(11)16-22-15(12(19)8-23(16)25)14-7-10-13(21-14)5-6-20-17(10)24/h1-4,7-8,25H,5-6H2,(H,20,24)/b15-14+. The van der Waals surface area contributed by atoms with Crippen LogP contribution in [0.5, 0.6) is 0 Å². The minimum Gasteiger partial charge on any atom is -0.352 e. The summed E-state index contributed by atoms with van der Waals surface area (Å²) in [6, 6.07) is 5.70. The molecule has 3 aliphatic rings. The molecular weight excluding hydrogens is 330 g/mol. The number of nitrogens with one attached hydrogen (secondary N) is 1. The summed E-state index contributed by atoms with van der Waals surface area (Å²) < 4.78 is 28.3. The zero-order valence-electron chi connectivity index (χ0n) is 12.8. The average Bonchev–Trinajstić information content (AvgIpc) is 3.01. The van der Waals surface area contributed by atoms with Gasteiger partial charge in [-0.1, -0.05) is 12.1 Å². The molecule has 4 rings (SSSR count). The maximum atomic E-state index is 14.3. The molecule has 0 bridgehead atoms. The van der Waals surface area contributed by atoms with Crippen molar-refractivity contribution in [3.8, 4) is 0 Å². The van der Waals surface area contributed by atoms with E-state index in [1.807, 2.05) is 0 Å². The van der Waals surface area contributed by atoms with Gasteiger partial charge in [0.15, 0.2) is 11.7 Å². The Bertz CT molecular complexity index is 944. The molecule has 3 aliphatic heterocycles. The van der Waals surface area contributed by atoms with E-state index in [0.717, 1.165) is 6.20 Å². The fourth-order valence-corrected chi connectivity index (χ4v) is 2.80. The first kappa shape index (κ1) is 15.4. The van der Waals surface area contributed by atoms with Crippen LogP contribution in [0.15, 0.2) is 69.3 Å². The van der Waals surface area contributed by atoms with Crippen LogP contribution in [-0.4, -0.2) is 34.3 Å². The highest BCUT2D eigenvalue weighted by Gasteiger charge is 2.29. The van der Waals surface area contributed by atoms with Gasteiger partial charge in [-0.2, -0.15) is 0 Å². The van der Waals surface area contributed by atoms with Gasteiger partial charge < -0.3 is 5.32 Å². The van der Waals surface area contributed by atoms with E-state index in [-0.39, 0.29) is 28.7 Å². The molecule has 0 atom stereocenters. The Morgan fingerprint density at radius 2 is 2.00 bits per heavy atom. The summed E-state index contributed by atoms with van der Waals surface area (Å²) in [6.07, 6.45) is 2.77. The van der Waals surface area contributed by atoms with Crippen LogP contribution >= 0.6 is 0 Å². The third kappa shape index (κ3) is 2.56. The van der Waals surface area contributed by atoms with Crippen molar-refractivity contribution in [1.29, 1.82) is 0 Å². The zero-order valence-corrected chi connectivity index (χ0v) is 12.8. The number of aliphatic imine (C=N–C) groups is 2. The third-order valence-corrected chi connectivity index (χ3v) is 3.99. The molecule has 2 N–H and O–H groups in total. The van der Waals surface area contributed by atoms with Crippen LogP contribution in [-0.2, 0) is 4.79 Å². The van der Waals surface area contributed by atoms with Gasteiger partial charge in [0, 0.05) is 13.0 Å². The van der Waals surface area contributed by atoms with Crippen molar-refractivity contribution in [3.63, 3.8) is 0 Å². The van der Waals surface area contributed by atoms with Gasteiger partial charge in [0.1, 0.15) is 11.5 Å². The van der Waals surface area contributed by atoms with Crippen LogP contribution in [0, 0.1) is 5.82 Å². The Balaban J connectivity index is 1.85. The number of benzene rings is 1. The summed E-state index contributed by atoms with van der Waals surface area (Å²) in [4.78, 5) is 20.2. The van der Waals surface area contributed by atoms with E-state index in [1.54, 1.807) is 6.07 Å². The molecule has 1 amide bonds.